The maximum atomic E-state index is 5.55. The standard InChI is InChI=1S/C10H18NO/c1-8(2)10-9(3)11(4,5)6-7-12-10/h3,6-7H2,1-2,4-5H3/q+1. The molecule has 2 heteroatoms. The normalized spacial score (nSPS) is 22.0. The fraction of sp³-hybridized carbons (Fsp3) is 0.600. The molecule has 0 aromatic rings. The fourth-order valence-corrected chi connectivity index (χ4v) is 1.30. The van der Waals surface area contributed by atoms with Gasteiger partial charge in [-0.25, -0.2) is 0 Å². The Bertz CT molecular complexity index is 234. The summed E-state index contributed by atoms with van der Waals surface area (Å²) in [6, 6.07) is 0. The molecule has 0 amide bonds. The van der Waals surface area contributed by atoms with E-state index in [2.05, 4.69) is 34.5 Å². The number of hydrogen-bond donors (Lipinski definition) is 0. The van der Waals surface area contributed by atoms with Crippen molar-refractivity contribution in [2.45, 2.75) is 13.8 Å². The Hall–Kier alpha value is -0.760. The molecule has 1 aliphatic rings. The van der Waals surface area contributed by atoms with Crippen LogP contribution in [0.1, 0.15) is 13.8 Å². The summed E-state index contributed by atoms with van der Waals surface area (Å²) in [6.07, 6.45) is 0. The number of quaternary nitrogens is 1. The van der Waals surface area contributed by atoms with Gasteiger partial charge in [-0.1, -0.05) is 0 Å². The second-order valence-electron chi connectivity index (χ2n) is 4.03. The predicted molar refractivity (Wildman–Crippen MR) is 50.4 cm³/mol. The minimum Gasteiger partial charge on any atom is -0.482 e. The molecule has 1 fully saturated rings. The molecule has 0 N–H and O–H groups in total. The zero-order chi connectivity index (χ0) is 9.35. The Morgan fingerprint density at radius 3 is 2.42 bits per heavy atom. The highest BCUT2D eigenvalue weighted by Crippen LogP contribution is 2.26. The quantitative estimate of drug-likeness (QED) is 0.502. The molecule has 1 aliphatic heterocycles. The van der Waals surface area contributed by atoms with Gasteiger partial charge in [0, 0.05) is 0 Å². The van der Waals surface area contributed by atoms with Crippen LogP contribution < -0.4 is 0 Å². The molecule has 1 saturated heterocycles. The van der Waals surface area contributed by atoms with Gasteiger partial charge in [-0.05, 0) is 26.0 Å². The van der Waals surface area contributed by atoms with Crippen LogP contribution in [0.5, 0.6) is 0 Å². The maximum Gasteiger partial charge on any atom is 0.178 e. The van der Waals surface area contributed by atoms with Crippen molar-refractivity contribution in [1.82, 2.24) is 0 Å². The van der Waals surface area contributed by atoms with Gasteiger partial charge in [0.1, 0.15) is 13.2 Å². The first-order valence-electron chi connectivity index (χ1n) is 4.28. The van der Waals surface area contributed by atoms with Crippen LogP contribution in [-0.2, 0) is 4.74 Å². The molecule has 0 spiro atoms. The first-order valence-corrected chi connectivity index (χ1v) is 4.28. The van der Waals surface area contributed by atoms with Gasteiger partial charge in [0.15, 0.2) is 11.5 Å². The van der Waals surface area contributed by atoms with Crippen LogP contribution in [-0.4, -0.2) is 31.7 Å². The van der Waals surface area contributed by atoms with Gasteiger partial charge in [0.2, 0.25) is 0 Å². The molecular weight excluding hydrogens is 150 g/mol. The van der Waals surface area contributed by atoms with E-state index in [9.17, 15) is 0 Å². The molecule has 0 aliphatic carbocycles. The van der Waals surface area contributed by atoms with E-state index in [1.807, 2.05) is 0 Å². The number of morpholine rings is 1. The molecule has 0 bridgehead atoms. The molecule has 1 heterocycles. The van der Waals surface area contributed by atoms with E-state index in [4.69, 9.17) is 4.74 Å². The van der Waals surface area contributed by atoms with Gasteiger partial charge in [-0.15, -0.1) is 0 Å². The first-order chi connectivity index (χ1) is 5.45. The molecule has 68 valence electrons. The van der Waals surface area contributed by atoms with E-state index >= 15 is 0 Å². The SMILES string of the molecule is C=C1C(=C(C)C)OCC[N+]1(C)C. The summed E-state index contributed by atoms with van der Waals surface area (Å²) < 4.78 is 6.40. The zero-order valence-corrected chi connectivity index (χ0v) is 8.48. The minimum absolute atomic E-state index is 0.798. The second-order valence-corrected chi connectivity index (χ2v) is 4.03. The van der Waals surface area contributed by atoms with E-state index in [1.165, 1.54) is 5.57 Å². The molecule has 0 saturated carbocycles. The number of ether oxygens (including phenoxy) is 1. The highest BCUT2D eigenvalue weighted by atomic mass is 16.5. The average molecular weight is 168 g/mol. The van der Waals surface area contributed by atoms with E-state index in [1.54, 1.807) is 0 Å². The third-order valence-corrected chi connectivity index (χ3v) is 2.34. The van der Waals surface area contributed by atoms with Gasteiger partial charge in [0.05, 0.1) is 14.1 Å². The van der Waals surface area contributed by atoms with Crippen LogP contribution >= 0.6 is 0 Å². The highest BCUT2D eigenvalue weighted by molar-refractivity contribution is 5.22. The minimum atomic E-state index is 0.798. The van der Waals surface area contributed by atoms with E-state index in [0.29, 0.717) is 0 Å². The summed E-state index contributed by atoms with van der Waals surface area (Å²) in [6.45, 7) is 9.99. The Balaban J connectivity index is 2.96. The fourth-order valence-electron chi connectivity index (χ4n) is 1.30. The van der Waals surface area contributed by atoms with Crippen molar-refractivity contribution in [1.29, 1.82) is 0 Å². The van der Waals surface area contributed by atoms with Crippen molar-refractivity contribution >= 4 is 0 Å². The summed E-state index contributed by atoms with van der Waals surface area (Å²) >= 11 is 0. The average Bonchev–Trinajstić information content (AvgIpc) is 1.94. The zero-order valence-electron chi connectivity index (χ0n) is 8.48. The molecule has 0 unspecified atom stereocenters. The van der Waals surface area contributed by atoms with Gasteiger partial charge >= 0.3 is 0 Å². The first kappa shape index (κ1) is 9.33. The van der Waals surface area contributed by atoms with Crippen LogP contribution in [0, 0.1) is 0 Å². The maximum absolute atomic E-state index is 5.55. The third-order valence-electron chi connectivity index (χ3n) is 2.34. The molecule has 2 nitrogen and oxygen atoms in total. The lowest BCUT2D eigenvalue weighted by Crippen LogP contribution is -2.45. The highest BCUT2D eigenvalue weighted by Gasteiger charge is 2.30. The topological polar surface area (TPSA) is 9.23 Å². The molecule has 1 rings (SSSR count). The Kier molecular flexibility index (Phi) is 2.29. The molecule has 0 aromatic heterocycles. The predicted octanol–water partition coefficient (Wildman–Crippen LogP) is 1.90. The van der Waals surface area contributed by atoms with E-state index in [0.717, 1.165) is 29.1 Å². The van der Waals surface area contributed by atoms with Crippen LogP contribution in [0.3, 0.4) is 0 Å². The van der Waals surface area contributed by atoms with E-state index < -0.39 is 0 Å². The van der Waals surface area contributed by atoms with Gasteiger partial charge in [0.25, 0.3) is 0 Å². The molecular formula is C10H18NO+. The summed E-state index contributed by atoms with van der Waals surface area (Å²) in [4.78, 5) is 0. The summed E-state index contributed by atoms with van der Waals surface area (Å²) in [5, 5.41) is 0. The smallest absolute Gasteiger partial charge is 0.178 e. The van der Waals surface area contributed by atoms with Crippen molar-refractivity contribution < 1.29 is 9.22 Å². The van der Waals surface area contributed by atoms with Crippen molar-refractivity contribution in [2.75, 3.05) is 27.2 Å². The second kappa shape index (κ2) is 2.94. The Labute approximate surface area is 74.7 Å². The lowest BCUT2D eigenvalue weighted by molar-refractivity contribution is -0.856. The van der Waals surface area contributed by atoms with Crippen molar-refractivity contribution in [2.24, 2.45) is 0 Å². The van der Waals surface area contributed by atoms with Gasteiger partial charge < -0.3 is 4.74 Å². The molecule has 12 heavy (non-hydrogen) atoms. The van der Waals surface area contributed by atoms with Crippen molar-refractivity contribution in [3.63, 3.8) is 0 Å². The van der Waals surface area contributed by atoms with Crippen LogP contribution in [0.2, 0.25) is 0 Å². The lowest BCUT2D eigenvalue weighted by Gasteiger charge is -2.36. The van der Waals surface area contributed by atoms with Crippen molar-refractivity contribution in [3.05, 3.63) is 23.6 Å². The van der Waals surface area contributed by atoms with Crippen LogP contribution in [0.25, 0.3) is 0 Å². The molecule has 0 atom stereocenters. The van der Waals surface area contributed by atoms with Crippen LogP contribution in [0.15, 0.2) is 23.6 Å². The van der Waals surface area contributed by atoms with Crippen LogP contribution in [0.4, 0.5) is 0 Å². The largest absolute Gasteiger partial charge is 0.482 e. The number of likely N-dealkylation sites (N-methyl/N-ethyl adjacent to an activating group) is 1. The third kappa shape index (κ3) is 1.53. The number of hydrogen-bond acceptors (Lipinski definition) is 1. The number of allylic oxidation sites excluding steroid dienone is 1. The molecule has 0 aromatic carbocycles. The lowest BCUT2D eigenvalue weighted by atomic mass is 10.2. The number of rotatable bonds is 0. The molecule has 0 radical (unpaired) electrons. The Morgan fingerprint density at radius 1 is 1.42 bits per heavy atom. The van der Waals surface area contributed by atoms with Gasteiger partial charge in [-0.3, -0.25) is 4.48 Å². The monoisotopic (exact) mass is 168 g/mol. The van der Waals surface area contributed by atoms with Crippen molar-refractivity contribution in [3.8, 4) is 0 Å². The van der Waals surface area contributed by atoms with E-state index in [-0.39, 0.29) is 0 Å². The Morgan fingerprint density at radius 2 is 2.00 bits per heavy atom. The summed E-state index contributed by atoms with van der Waals surface area (Å²) in [5.41, 5.74) is 2.30. The summed E-state index contributed by atoms with van der Waals surface area (Å²) in [5.74, 6) is 0.992. The van der Waals surface area contributed by atoms with Gasteiger partial charge in [-0.2, -0.15) is 0 Å². The number of nitrogens with zero attached hydrogens (tertiary/aromatic N) is 1. The summed E-state index contributed by atoms with van der Waals surface area (Å²) in [7, 11) is 4.32.